The number of carboxylic acid groups (broad SMARTS) is 1. The van der Waals surface area contributed by atoms with Gasteiger partial charge in [0.2, 0.25) is 17.7 Å². The average molecular weight is 512 g/mol. The smallest absolute Gasteiger partial charge is 0.326 e. The van der Waals surface area contributed by atoms with E-state index in [0.29, 0.717) is 12.0 Å². The fraction of sp³-hybridized carbons (Fsp3) is 0.476. The zero-order valence-corrected chi connectivity index (χ0v) is 20.2. The molecule has 0 aliphatic heterocycles. The number of aliphatic carboxylic acids is 1. The number of guanidine groups is 1. The van der Waals surface area contributed by atoms with Crippen molar-refractivity contribution in [1.82, 2.24) is 16.0 Å². The lowest BCUT2D eigenvalue weighted by molar-refractivity contribution is -0.142. The molecule has 0 spiro atoms. The number of hydrogen-bond acceptors (Lipinski definition) is 8. The normalized spacial score (nSPS) is 14.0. The van der Waals surface area contributed by atoms with Gasteiger partial charge in [-0.1, -0.05) is 12.1 Å². The summed E-state index contributed by atoms with van der Waals surface area (Å²) in [6.07, 6.45) is 0.333. The van der Waals surface area contributed by atoms with Crippen molar-refractivity contribution in [3.8, 4) is 5.75 Å². The van der Waals surface area contributed by atoms with Gasteiger partial charge in [-0.05, 0) is 37.5 Å². The highest BCUT2D eigenvalue weighted by atomic mass is 32.1. The lowest BCUT2D eigenvalue weighted by Crippen LogP contribution is -2.57. The number of carbonyl (C=O) groups excluding carboxylic acids is 3. The fourth-order valence-electron chi connectivity index (χ4n) is 2.88. The van der Waals surface area contributed by atoms with Crippen LogP contribution in [0.5, 0.6) is 5.75 Å². The van der Waals surface area contributed by atoms with Crippen LogP contribution in [0.1, 0.15) is 25.3 Å². The Bertz CT molecular complexity index is 908. The number of carbonyl (C=O) groups is 4. The van der Waals surface area contributed by atoms with E-state index in [1.807, 2.05) is 0 Å². The molecule has 0 saturated heterocycles. The third kappa shape index (κ3) is 11.0. The van der Waals surface area contributed by atoms with Gasteiger partial charge in [0.15, 0.2) is 5.96 Å². The van der Waals surface area contributed by atoms with E-state index in [-0.39, 0.29) is 36.8 Å². The van der Waals surface area contributed by atoms with Gasteiger partial charge >= 0.3 is 5.97 Å². The number of benzene rings is 1. The summed E-state index contributed by atoms with van der Waals surface area (Å²) in [4.78, 5) is 53.0. The lowest BCUT2D eigenvalue weighted by atomic mass is 10.0. The van der Waals surface area contributed by atoms with Crippen molar-refractivity contribution in [3.63, 3.8) is 0 Å². The summed E-state index contributed by atoms with van der Waals surface area (Å²) < 4.78 is 0. The Labute approximate surface area is 208 Å². The molecular weight excluding hydrogens is 478 g/mol. The summed E-state index contributed by atoms with van der Waals surface area (Å²) in [5.41, 5.74) is 16.7. The maximum absolute atomic E-state index is 13.0. The van der Waals surface area contributed by atoms with E-state index < -0.39 is 47.9 Å². The molecule has 0 aliphatic rings. The fourth-order valence-corrected chi connectivity index (χ4v) is 3.04. The van der Waals surface area contributed by atoms with Crippen LogP contribution in [0.25, 0.3) is 0 Å². The van der Waals surface area contributed by atoms with Gasteiger partial charge in [-0.25, -0.2) is 4.79 Å². The number of rotatable bonds is 14. The number of aliphatic imine (C=N–C) groups is 1. The van der Waals surface area contributed by atoms with Gasteiger partial charge in [-0.3, -0.25) is 19.4 Å². The molecule has 0 aromatic heterocycles. The number of nitrogens with one attached hydrogen (secondary N) is 3. The molecule has 1 aromatic rings. The van der Waals surface area contributed by atoms with Crippen LogP contribution in [-0.4, -0.2) is 76.3 Å². The Morgan fingerprint density at radius 3 is 2.14 bits per heavy atom. The zero-order valence-electron chi connectivity index (χ0n) is 19.3. The van der Waals surface area contributed by atoms with E-state index in [0.717, 1.165) is 0 Å². The number of amides is 3. The SMILES string of the molecule is CC(NC(=O)C(N)CS)C(=O)NC(Cc1ccc(O)cc1)C(=O)NC(CCCN=C(N)N)C(=O)O. The molecule has 13 nitrogen and oxygen atoms in total. The molecule has 4 atom stereocenters. The number of hydrogen-bond donors (Lipinski definition) is 9. The van der Waals surface area contributed by atoms with E-state index >= 15 is 0 Å². The van der Waals surface area contributed by atoms with E-state index in [1.165, 1.54) is 19.1 Å². The Balaban J connectivity index is 2.96. The first-order valence-corrected chi connectivity index (χ1v) is 11.4. The second-order valence-electron chi connectivity index (χ2n) is 7.80. The molecule has 0 aliphatic carbocycles. The third-order valence-electron chi connectivity index (χ3n) is 4.85. The summed E-state index contributed by atoms with van der Waals surface area (Å²) in [5.74, 6) is -3.31. The highest BCUT2D eigenvalue weighted by Gasteiger charge is 2.28. The Morgan fingerprint density at radius 2 is 1.60 bits per heavy atom. The van der Waals surface area contributed by atoms with Crippen molar-refractivity contribution >= 4 is 42.3 Å². The molecule has 0 heterocycles. The minimum absolute atomic E-state index is 0.00495. The first-order chi connectivity index (χ1) is 16.4. The monoisotopic (exact) mass is 511 g/mol. The Hall–Kier alpha value is -3.52. The molecule has 1 aromatic carbocycles. The quantitative estimate of drug-likeness (QED) is 0.0569. The zero-order chi connectivity index (χ0) is 26.5. The van der Waals surface area contributed by atoms with Crippen molar-refractivity contribution in [2.45, 2.75) is 50.4 Å². The highest BCUT2D eigenvalue weighted by Crippen LogP contribution is 2.12. The average Bonchev–Trinajstić information content (AvgIpc) is 2.80. The molecule has 3 amide bonds. The second kappa shape index (κ2) is 14.7. The van der Waals surface area contributed by atoms with Crippen LogP contribution < -0.4 is 33.2 Å². The number of nitrogens with two attached hydrogens (primary N) is 3. The molecule has 0 saturated carbocycles. The molecular formula is C21H33N7O6S. The molecule has 14 heteroatoms. The molecule has 1 rings (SSSR count). The second-order valence-corrected chi connectivity index (χ2v) is 8.16. The van der Waals surface area contributed by atoms with Gasteiger partial charge in [-0.15, -0.1) is 0 Å². The van der Waals surface area contributed by atoms with Crippen molar-refractivity contribution in [3.05, 3.63) is 29.8 Å². The summed E-state index contributed by atoms with van der Waals surface area (Å²) in [6.45, 7) is 1.60. The van der Waals surface area contributed by atoms with Gasteiger partial charge < -0.3 is 43.4 Å². The number of nitrogens with zero attached hydrogens (tertiary/aromatic N) is 1. The van der Waals surface area contributed by atoms with Gasteiger partial charge in [0.1, 0.15) is 23.9 Å². The number of thiol groups is 1. The number of phenolic OH excluding ortho intramolecular Hbond substituents is 1. The van der Waals surface area contributed by atoms with Crippen LogP contribution in [0.2, 0.25) is 0 Å². The van der Waals surface area contributed by atoms with Gasteiger partial charge in [-0.2, -0.15) is 12.6 Å². The lowest BCUT2D eigenvalue weighted by Gasteiger charge is -2.24. The first-order valence-electron chi connectivity index (χ1n) is 10.8. The molecule has 194 valence electrons. The molecule has 4 unspecified atom stereocenters. The molecule has 0 fully saturated rings. The predicted octanol–water partition coefficient (Wildman–Crippen LogP) is -2.20. The number of aromatic hydroxyl groups is 1. The van der Waals surface area contributed by atoms with Gasteiger partial charge in [0, 0.05) is 18.7 Å². The van der Waals surface area contributed by atoms with E-state index in [4.69, 9.17) is 17.2 Å². The highest BCUT2D eigenvalue weighted by molar-refractivity contribution is 7.80. The summed E-state index contributed by atoms with van der Waals surface area (Å²) >= 11 is 3.94. The van der Waals surface area contributed by atoms with E-state index in [1.54, 1.807) is 12.1 Å². The van der Waals surface area contributed by atoms with Gasteiger partial charge in [0.25, 0.3) is 0 Å². The summed E-state index contributed by atoms with van der Waals surface area (Å²) in [7, 11) is 0. The first kappa shape index (κ1) is 29.5. The summed E-state index contributed by atoms with van der Waals surface area (Å²) in [5, 5.41) is 26.4. The maximum Gasteiger partial charge on any atom is 0.326 e. The standard InChI is InChI=1S/C21H33N7O6S/c1-11(26-18(31)14(22)10-35)17(30)28-16(9-12-4-6-13(29)7-5-12)19(32)27-15(20(33)34)3-2-8-25-21(23)24/h4-7,11,14-16,29,35H,2-3,8-10,22H2,1H3,(H,26,31)(H,27,32)(H,28,30)(H,33,34)(H4,23,24,25). The maximum atomic E-state index is 13.0. The number of carboxylic acids is 1. The van der Waals surface area contributed by atoms with Crippen LogP contribution in [0.3, 0.4) is 0 Å². The Morgan fingerprint density at radius 1 is 1.00 bits per heavy atom. The van der Waals surface area contributed by atoms with Crippen LogP contribution in [-0.2, 0) is 25.6 Å². The van der Waals surface area contributed by atoms with Crippen molar-refractivity contribution in [2.75, 3.05) is 12.3 Å². The minimum atomic E-state index is -1.26. The van der Waals surface area contributed by atoms with Crippen LogP contribution in [0.4, 0.5) is 0 Å². The topological polar surface area (TPSA) is 235 Å². The molecule has 11 N–H and O–H groups in total. The van der Waals surface area contributed by atoms with E-state index in [9.17, 15) is 29.4 Å². The van der Waals surface area contributed by atoms with Crippen LogP contribution >= 0.6 is 12.6 Å². The Kier molecular flexibility index (Phi) is 12.4. The number of phenols is 1. The van der Waals surface area contributed by atoms with Crippen LogP contribution in [0, 0.1) is 0 Å². The third-order valence-corrected chi connectivity index (χ3v) is 5.25. The van der Waals surface area contributed by atoms with Crippen molar-refractivity contribution < 1.29 is 29.4 Å². The minimum Gasteiger partial charge on any atom is -0.508 e. The van der Waals surface area contributed by atoms with Crippen molar-refractivity contribution in [1.29, 1.82) is 0 Å². The van der Waals surface area contributed by atoms with Crippen molar-refractivity contribution in [2.24, 2.45) is 22.2 Å². The summed E-state index contributed by atoms with van der Waals surface area (Å²) in [6, 6.07) is 1.57. The molecule has 0 bridgehead atoms. The predicted molar refractivity (Wildman–Crippen MR) is 133 cm³/mol. The molecule has 35 heavy (non-hydrogen) atoms. The van der Waals surface area contributed by atoms with Crippen LogP contribution in [0.15, 0.2) is 29.3 Å². The largest absolute Gasteiger partial charge is 0.508 e. The molecule has 0 radical (unpaired) electrons. The van der Waals surface area contributed by atoms with E-state index in [2.05, 4.69) is 33.6 Å². The van der Waals surface area contributed by atoms with Gasteiger partial charge in [0.05, 0.1) is 6.04 Å².